The molecule has 162 valence electrons. The van der Waals surface area contributed by atoms with Gasteiger partial charge in [0, 0.05) is 0 Å². The summed E-state index contributed by atoms with van der Waals surface area (Å²) >= 11 is 0. The molecule has 0 bridgehead atoms. The number of rotatable bonds is 14. The Morgan fingerprint density at radius 3 is 2.24 bits per heavy atom. The van der Waals surface area contributed by atoms with Crippen molar-refractivity contribution < 1.29 is 24.9 Å². The van der Waals surface area contributed by atoms with E-state index in [4.69, 9.17) is 5.11 Å². The van der Waals surface area contributed by atoms with Crippen molar-refractivity contribution in [3.8, 4) is 5.75 Å². The number of phenols is 1. The largest absolute Gasteiger partial charge is 0.508 e. The Bertz CT molecular complexity index is 703. The van der Waals surface area contributed by atoms with Crippen LogP contribution in [-0.4, -0.2) is 27.3 Å². The standard InChI is InChI=1S/C24H36O5/c1-23(2,21(26)27)13-7-4-3-5-10-19-17-18(11-12-20(19)25)9-6-8-14-24(15-16-24)22(28)29/h11-12,17,25H,3-10,13-16H2,1-2H3,(H,26,27)(H,28,29). The molecular formula is C24H36O5. The lowest BCUT2D eigenvalue weighted by molar-refractivity contribution is -0.147. The van der Waals surface area contributed by atoms with Crippen LogP contribution in [0.25, 0.3) is 0 Å². The first-order valence-corrected chi connectivity index (χ1v) is 10.9. The fourth-order valence-corrected chi connectivity index (χ4v) is 3.85. The van der Waals surface area contributed by atoms with Gasteiger partial charge in [0.15, 0.2) is 0 Å². The second-order valence-corrected chi connectivity index (χ2v) is 9.36. The predicted octanol–water partition coefficient (Wildman–Crippen LogP) is 5.57. The molecule has 0 heterocycles. The third kappa shape index (κ3) is 7.06. The summed E-state index contributed by atoms with van der Waals surface area (Å²) in [5.74, 6) is -1.05. The van der Waals surface area contributed by atoms with Crippen molar-refractivity contribution in [2.75, 3.05) is 0 Å². The predicted molar refractivity (Wildman–Crippen MR) is 113 cm³/mol. The van der Waals surface area contributed by atoms with Crippen LogP contribution in [0.3, 0.4) is 0 Å². The number of aromatic hydroxyl groups is 1. The molecule has 1 aromatic carbocycles. The number of benzene rings is 1. The molecule has 0 aromatic heterocycles. The van der Waals surface area contributed by atoms with Crippen molar-refractivity contribution in [2.45, 2.75) is 90.9 Å². The van der Waals surface area contributed by atoms with E-state index in [0.29, 0.717) is 12.2 Å². The van der Waals surface area contributed by atoms with Crippen LogP contribution in [-0.2, 0) is 22.4 Å². The summed E-state index contributed by atoms with van der Waals surface area (Å²) in [6, 6.07) is 5.80. The van der Waals surface area contributed by atoms with Gasteiger partial charge in [0.05, 0.1) is 10.8 Å². The number of carbonyl (C=O) groups is 2. The van der Waals surface area contributed by atoms with Crippen molar-refractivity contribution in [1.82, 2.24) is 0 Å². The van der Waals surface area contributed by atoms with Crippen molar-refractivity contribution >= 4 is 11.9 Å². The van der Waals surface area contributed by atoms with Gasteiger partial charge in [-0.25, -0.2) is 0 Å². The number of hydrogen-bond acceptors (Lipinski definition) is 3. The molecule has 3 N–H and O–H groups in total. The van der Waals surface area contributed by atoms with Crippen LogP contribution in [0.4, 0.5) is 0 Å². The van der Waals surface area contributed by atoms with Gasteiger partial charge in [-0.3, -0.25) is 9.59 Å². The molecule has 5 nitrogen and oxygen atoms in total. The molecule has 0 saturated heterocycles. The molecule has 0 unspecified atom stereocenters. The second-order valence-electron chi connectivity index (χ2n) is 9.36. The minimum Gasteiger partial charge on any atom is -0.508 e. The Morgan fingerprint density at radius 2 is 1.62 bits per heavy atom. The van der Waals surface area contributed by atoms with E-state index in [1.807, 2.05) is 6.07 Å². The Kier molecular flexibility index (Phi) is 8.12. The van der Waals surface area contributed by atoms with E-state index >= 15 is 0 Å². The van der Waals surface area contributed by atoms with Gasteiger partial charge in [-0.05, 0) is 82.4 Å². The van der Waals surface area contributed by atoms with Crippen LogP contribution in [0, 0.1) is 10.8 Å². The summed E-state index contributed by atoms with van der Waals surface area (Å²) < 4.78 is 0. The van der Waals surface area contributed by atoms with Crippen LogP contribution >= 0.6 is 0 Å². The number of carboxylic acid groups (broad SMARTS) is 2. The minimum absolute atomic E-state index is 0.337. The van der Waals surface area contributed by atoms with Crippen molar-refractivity contribution in [3.05, 3.63) is 29.3 Å². The number of phenolic OH excluding ortho intramolecular Hbond substituents is 1. The number of aryl methyl sites for hydroxylation is 2. The fourth-order valence-electron chi connectivity index (χ4n) is 3.85. The molecule has 0 radical (unpaired) electrons. The molecule has 1 fully saturated rings. The zero-order valence-electron chi connectivity index (χ0n) is 17.9. The van der Waals surface area contributed by atoms with E-state index < -0.39 is 22.8 Å². The highest BCUT2D eigenvalue weighted by molar-refractivity contribution is 5.77. The number of carboxylic acids is 2. The Morgan fingerprint density at radius 1 is 0.966 bits per heavy atom. The van der Waals surface area contributed by atoms with Crippen LogP contribution in [0.5, 0.6) is 5.75 Å². The van der Waals surface area contributed by atoms with Gasteiger partial charge >= 0.3 is 11.9 Å². The third-order valence-corrected chi connectivity index (χ3v) is 6.40. The molecule has 2 rings (SSSR count). The van der Waals surface area contributed by atoms with E-state index in [-0.39, 0.29) is 0 Å². The number of unbranched alkanes of at least 4 members (excludes halogenated alkanes) is 4. The average Bonchev–Trinajstić information content (AvgIpc) is 3.45. The zero-order valence-corrected chi connectivity index (χ0v) is 17.9. The maximum absolute atomic E-state index is 11.2. The van der Waals surface area contributed by atoms with Gasteiger partial charge < -0.3 is 15.3 Å². The molecular weight excluding hydrogens is 368 g/mol. The summed E-state index contributed by atoms with van der Waals surface area (Å²) in [6.45, 7) is 3.54. The van der Waals surface area contributed by atoms with Gasteiger partial charge in [0.25, 0.3) is 0 Å². The highest BCUT2D eigenvalue weighted by Crippen LogP contribution is 2.50. The molecule has 0 amide bonds. The van der Waals surface area contributed by atoms with E-state index in [0.717, 1.165) is 76.2 Å². The Hall–Kier alpha value is -2.04. The fraction of sp³-hybridized carbons (Fsp3) is 0.667. The first kappa shape index (κ1) is 23.2. The summed E-state index contributed by atoms with van der Waals surface area (Å²) in [5.41, 5.74) is 1.08. The minimum atomic E-state index is -0.741. The Balaban J connectivity index is 1.67. The topological polar surface area (TPSA) is 94.8 Å². The van der Waals surface area contributed by atoms with Gasteiger partial charge in [-0.15, -0.1) is 0 Å². The lowest BCUT2D eigenvalue weighted by atomic mass is 9.87. The van der Waals surface area contributed by atoms with Crippen LogP contribution in [0.15, 0.2) is 18.2 Å². The van der Waals surface area contributed by atoms with Gasteiger partial charge in [0.1, 0.15) is 5.75 Å². The summed E-state index contributed by atoms with van der Waals surface area (Å²) in [6.07, 6.45) is 10.6. The van der Waals surface area contributed by atoms with E-state index in [1.54, 1.807) is 19.9 Å². The van der Waals surface area contributed by atoms with Crippen LogP contribution in [0.1, 0.15) is 89.2 Å². The maximum Gasteiger partial charge on any atom is 0.309 e. The van der Waals surface area contributed by atoms with Crippen molar-refractivity contribution in [1.29, 1.82) is 0 Å². The summed E-state index contributed by atoms with van der Waals surface area (Å²) in [4.78, 5) is 22.3. The maximum atomic E-state index is 11.2. The molecule has 29 heavy (non-hydrogen) atoms. The summed E-state index contributed by atoms with van der Waals surface area (Å²) in [5, 5.41) is 28.5. The summed E-state index contributed by atoms with van der Waals surface area (Å²) in [7, 11) is 0. The molecule has 1 aromatic rings. The molecule has 0 atom stereocenters. The van der Waals surface area contributed by atoms with Crippen molar-refractivity contribution in [3.63, 3.8) is 0 Å². The molecule has 1 aliphatic carbocycles. The lowest BCUT2D eigenvalue weighted by Gasteiger charge is -2.18. The van der Waals surface area contributed by atoms with Crippen LogP contribution < -0.4 is 0 Å². The van der Waals surface area contributed by atoms with E-state index in [2.05, 4.69) is 6.07 Å². The average molecular weight is 405 g/mol. The smallest absolute Gasteiger partial charge is 0.309 e. The highest BCUT2D eigenvalue weighted by atomic mass is 16.4. The lowest BCUT2D eigenvalue weighted by Crippen LogP contribution is -2.23. The number of aliphatic carboxylic acids is 2. The van der Waals surface area contributed by atoms with Gasteiger partial charge in [-0.1, -0.05) is 37.8 Å². The SMILES string of the molecule is CC(C)(CCCCCCc1cc(CCCCC2(C(=O)O)CC2)ccc1O)C(=O)O. The van der Waals surface area contributed by atoms with Crippen LogP contribution in [0.2, 0.25) is 0 Å². The third-order valence-electron chi connectivity index (χ3n) is 6.40. The van der Waals surface area contributed by atoms with Gasteiger partial charge in [-0.2, -0.15) is 0 Å². The first-order chi connectivity index (χ1) is 13.7. The second kappa shape index (κ2) is 10.1. The quantitative estimate of drug-likeness (QED) is 0.352. The normalized spacial score (nSPS) is 15.2. The molecule has 0 spiro atoms. The molecule has 0 aliphatic heterocycles. The zero-order chi connectivity index (χ0) is 21.5. The van der Waals surface area contributed by atoms with E-state index in [1.165, 1.54) is 5.56 Å². The Labute approximate surface area is 174 Å². The van der Waals surface area contributed by atoms with Gasteiger partial charge in [0.2, 0.25) is 0 Å². The molecule has 1 aliphatic rings. The monoisotopic (exact) mass is 404 g/mol. The highest BCUT2D eigenvalue weighted by Gasteiger charge is 2.49. The first-order valence-electron chi connectivity index (χ1n) is 10.9. The molecule has 1 saturated carbocycles. The van der Waals surface area contributed by atoms with E-state index in [9.17, 15) is 19.8 Å². The number of hydrogen-bond donors (Lipinski definition) is 3. The molecule has 5 heteroatoms. The van der Waals surface area contributed by atoms with Crippen molar-refractivity contribution in [2.24, 2.45) is 10.8 Å².